The van der Waals surface area contributed by atoms with Gasteiger partial charge in [0.2, 0.25) is 0 Å². The summed E-state index contributed by atoms with van der Waals surface area (Å²) in [5.41, 5.74) is 10.7. The van der Waals surface area contributed by atoms with Crippen LogP contribution in [0.1, 0.15) is 0 Å². The lowest BCUT2D eigenvalue weighted by molar-refractivity contribution is 1.24. The van der Waals surface area contributed by atoms with E-state index in [1.165, 1.54) is 17.5 Å². The molecule has 106 valence electrons. The van der Waals surface area contributed by atoms with Gasteiger partial charge in [-0.2, -0.15) is 0 Å². The fourth-order valence-electron chi connectivity index (χ4n) is 2.58. The van der Waals surface area contributed by atoms with E-state index in [4.69, 9.17) is 5.73 Å². The summed E-state index contributed by atoms with van der Waals surface area (Å²) in [6.07, 6.45) is 1.51. The summed E-state index contributed by atoms with van der Waals surface area (Å²) >= 11 is 1.59. The van der Waals surface area contributed by atoms with Crippen LogP contribution < -0.4 is 5.73 Å². The summed E-state index contributed by atoms with van der Waals surface area (Å²) in [5.74, 6) is 0.536. The smallest absolute Gasteiger partial charge is 0.136 e. The highest BCUT2D eigenvalue weighted by molar-refractivity contribution is 7.17. The molecule has 2 heterocycles. The maximum atomic E-state index is 6.02. The maximum absolute atomic E-state index is 6.02. The van der Waals surface area contributed by atoms with Crippen LogP contribution in [0.3, 0.4) is 0 Å². The molecular weight excluding hydrogens is 290 g/mol. The molecule has 0 saturated carbocycles. The molecule has 0 unspecified atom stereocenters. The van der Waals surface area contributed by atoms with Crippen molar-refractivity contribution in [2.45, 2.75) is 0 Å². The Kier molecular flexibility index (Phi) is 3.09. The zero-order valence-corrected chi connectivity index (χ0v) is 12.5. The molecule has 0 spiro atoms. The third kappa shape index (κ3) is 2.14. The number of benzene rings is 2. The van der Waals surface area contributed by atoms with Gasteiger partial charge in [0.1, 0.15) is 17.0 Å². The van der Waals surface area contributed by atoms with E-state index < -0.39 is 0 Å². The number of nitrogens with zero attached hydrogens (tertiary/aromatic N) is 2. The Labute approximate surface area is 132 Å². The summed E-state index contributed by atoms with van der Waals surface area (Å²) < 4.78 is 0. The zero-order chi connectivity index (χ0) is 14.9. The van der Waals surface area contributed by atoms with Gasteiger partial charge in [-0.3, -0.25) is 0 Å². The Morgan fingerprint density at radius 2 is 1.45 bits per heavy atom. The van der Waals surface area contributed by atoms with Crippen LogP contribution in [0.15, 0.2) is 66.3 Å². The molecule has 2 aromatic heterocycles. The Balaban J connectivity index is 1.80. The first-order chi connectivity index (χ1) is 10.8. The van der Waals surface area contributed by atoms with Crippen molar-refractivity contribution in [1.82, 2.24) is 9.97 Å². The third-order valence-electron chi connectivity index (χ3n) is 3.70. The lowest BCUT2D eigenvalue weighted by Gasteiger charge is -2.05. The summed E-state index contributed by atoms with van der Waals surface area (Å²) in [7, 11) is 0. The molecule has 0 bridgehead atoms. The van der Waals surface area contributed by atoms with Gasteiger partial charge in [-0.05, 0) is 16.7 Å². The van der Waals surface area contributed by atoms with E-state index in [-0.39, 0.29) is 0 Å². The van der Waals surface area contributed by atoms with Crippen molar-refractivity contribution in [2.24, 2.45) is 0 Å². The lowest BCUT2D eigenvalue weighted by Crippen LogP contribution is -1.91. The van der Waals surface area contributed by atoms with Gasteiger partial charge in [-0.25, -0.2) is 9.97 Å². The van der Waals surface area contributed by atoms with Gasteiger partial charge in [-0.15, -0.1) is 11.3 Å². The van der Waals surface area contributed by atoms with Crippen molar-refractivity contribution in [1.29, 1.82) is 0 Å². The summed E-state index contributed by atoms with van der Waals surface area (Å²) in [4.78, 5) is 9.31. The summed E-state index contributed by atoms with van der Waals surface area (Å²) in [6, 6.07) is 18.9. The number of hydrogen-bond acceptors (Lipinski definition) is 4. The highest BCUT2D eigenvalue weighted by atomic mass is 32.1. The molecule has 4 aromatic rings. The molecule has 4 heteroatoms. The number of aromatic nitrogens is 2. The second-order valence-electron chi connectivity index (χ2n) is 5.03. The molecule has 4 rings (SSSR count). The molecule has 2 aromatic carbocycles. The number of rotatable bonds is 2. The van der Waals surface area contributed by atoms with Crippen molar-refractivity contribution >= 4 is 27.4 Å². The molecule has 0 fully saturated rings. The number of anilines is 1. The van der Waals surface area contributed by atoms with Gasteiger partial charge in [0.05, 0.1) is 5.39 Å². The second-order valence-corrected chi connectivity index (χ2v) is 5.89. The molecule has 0 aliphatic rings. The van der Waals surface area contributed by atoms with Gasteiger partial charge >= 0.3 is 0 Å². The molecule has 0 atom stereocenters. The van der Waals surface area contributed by atoms with Crippen molar-refractivity contribution in [2.75, 3.05) is 5.73 Å². The first-order valence-corrected chi connectivity index (χ1v) is 7.84. The van der Waals surface area contributed by atoms with Crippen LogP contribution in [0.25, 0.3) is 32.5 Å². The Hall–Kier alpha value is -2.72. The van der Waals surface area contributed by atoms with Gasteiger partial charge in [0.25, 0.3) is 0 Å². The van der Waals surface area contributed by atoms with Crippen LogP contribution in [0.4, 0.5) is 5.82 Å². The van der Waals surface area contributed by atoms with Crippen LogP contribution in [0.2, 0.25) is 0 Å². The van der Waals surface area contributed by atoms with Gasteiger partial charge < -0.3 is 5.73 Å². The van der Waals surface area contributed by atoms with Crippen molar-refractivity contribution < 1.29 is 0 Å². The van der Waals surface area contributed by atoms with E-state index >= 15 is 0 Å². The molecule has 0 radical (unpaired) electrons. The van der Waals surface area contributed by atoms with Crippen LogP contribution in [-0.4, -0.2) is 9.97 Å². The number of nitrogen functional groups attached to an aromatic ring is 1. The number of thiophene rings is 1. The van der Waals surface area contributed by atoms with Gasteiger partial charge in [0.15, 0.2) is 0 Å². The topological polar surface area (TPSA) is 51.8 Å². The van der Waals surface area contributed by atoms with Crippen LogP contribution in [-0.2, 0) is 0 Å². The average molecular weight is 303 g/mol. The second kappa shape index (κ2) is 5.24. The van der Waals surface area contributed by atoms with E-state index in [9.17, 15) is 0 Å². The predicted octanol–water partition coefficient (Wildman–Crippen LogP) is 4.61. The maximum Gasteiger partial charge on any atom is 0.136 e. The van der Waals surface area contributed by atoms with Crippen LogP contribution in [0.5, 0.6) is 0 Å². The minimum absolute atomic E-state index is 0.536. The number of hydrogen-bond donors (Lipinski definition) is 1. The van der Waals surface area contributed by atoms with E-state index in [0.717, 1.165) is 21.3 Å². The van der Waals surface area contributed by atoms with Crippen LogP contribution in [0, 0.1) is 0 Å². The number of nitrogens with two attached hydrogens (primary N) is 1. The van der Waals surface area contributed by atoms with Crippen molar-refractivity contribution in [3.63, 3.8) is 0 Å². The largest absolute Gasteiger partial charge is 0.383 e. The van der Waals surface area contributed by atoms with Gasteiger partial charge in [-0.1, -0.05) is 54.6 Å². The van der Waals surface area contributed by atoms with Gasteiger partial charge in [0, 0.05) is 10.9 Å². The SMILES string of the molecule is Nc1ncnc2scc(-c3ccc(-c4ccccc4)cc3)c12. The Morgan fingerprint density at radius 1 is 0.773 bits per heavy atom. The third-order valence-corrected chi connectivity index (χ3v) is 4.59. The van der Waals surface area contributed by atoms with E-state index in [1.807, 2.05) is 18.2 Å². The fraction of sp³-hybridized carbons (Fsp3) is 0. The first kappa shape index (κ1) is 13.0. The van der Waals surface area contributed by atoms with E-state index in [0.29, 0.717) is 5.82 Å². The van der Waals surface area contributed by atoms with E-state index in [2.05, 4.69) is 51.7 Å². The number of fused-ring (bicyclic) bond motifs is 1. The Morgan fingerprint density at radius 3 is 2.23 bits per heavy atom. The minimum Gasteiger partial charge on any atom is -0.383 e. The van der Waals surface area contributed by atoms with Crippen molar-refractivity contribution in [3.05, 3.63) is 66.3 Å². The molecular formula is C18H13N3S. The highest BCUT2D eigenvalue weighted by Crippen LogP contribution is 2.36. The molecule has 0 amide bonds. The quantitative estimate of drug-likeness (QED) is 0.588. The van der Waals surface area contributed by atoms with Crippen molar-refractivity contribution in [3.8, 4) is 22.3 Å². The zero-order valence-electron chi connectivity index (χ0n) is 11.7. The highest BCUT2D eigenvalue weighted by Gasteiger charge is 2.11. The lowest BCUT2D eigenvalue weighted by atomic mass is 10.0. The average Bonchev–Trinajstić information content (AvgIpc) is 3.01. The molecule has 0 saturated heterocycles. The predicted molar refractivity (Wildman–Crippen MR) is 92.7 cm³/mol. The normalized spacial score (nSPS) is 10.9. The molecule has 3 nitrogen and oxygen atoms in total. The molecule has 0 aliphatic carbocycles. The molecule has 22 heavy (non-hydrogen) atoms. The summed E-state index contributed by atoms with van der Waals surface area (Å²) in [5, 5.41) is 3.03. The molecule has 2 N–H and O–H groups in total. The first-order valence-electron chi connectivity index (χ1n) is 6.96. The fourth-order valence-corrected chi connectivity index (χ4v) is 3.51. The molecule has 0 aliphatic heterocycles. The van der Waals surface area contributed by atoms with E-state index in [1.54, 1.807) is 11.3 Å². The Bertz CT molecular complexity index is 928. The van der Waals surface area contributed by atoms with Crippen LogP contribution >= 0.6 is 11.3 Å². The monoisotopic (exact) mass is 303 g/mol. The summed E-state index contributed by atoms with van der Waals surface area (Å²) in [6.45, 7) is 0. The standard InChI is InChI=1S/C18H13N3S/c19-17-16-15(10-22-18(16)21-11-20-17)14-8-6-13(7-9-14)12-4-2-1-3-5-12/h1-11H,(H2,19,20,21). The minimum atomic E-state index is 0.536.